The van der Waals surface area contributed by atoms with E-state index in [0.29, 0.717) is 0 Å². The Hall–Kier alpha value is -1.83. The second kappa shape index (κ2) is 15.4. The molecular formula is C41H39P3Se3. The Morgan fingerprint density at radius 3 is 0.617 bits per heavy atom. The first-order chi connectivity index (χ1) is 22.8. The van der Waals surface area contributed by atoms with Crippen LogP contribution < -0.4 is 31.8 Å². The van der Waals surface area contributed by atoms with Crippen molar-refractivity contribution in [2.45, 2.75) is 6.92 Å². The summed E-state index contributed by atoms with van der Waals surface area (Å²) < 4.78 is 0. The molecule has 0 unspecified atom stereocenters. The van der Waals surface area contributed by atoms with Crippen LogP contribution in [-0.4, -0.2) is 63.8 Å². The van der Waals surface area contributed by atoms with E-state index in [1.54, 1.807) is 0 Å². The zero-order chi connectivity index (χ0) is 32.8. The van der Waals surface area contributed by atoms with E-state index in [1.165, 1.54) is 31.8 Å². The fourth-order valence-corrected chi connectivity index (χ4v) is 27.6. The average molecular weight is 862 g/mol. The van der Waals surface area contributed by atoms with Gasteiger partial charge in [-0.2, -0.15) is 0 Å². The van der Waals surface area contributed by atoms with E-state index < -0.39 is 16.5 Å². The summed E-state index contributed by atoms with van der Waals surface area (Å²) in [4.78, 5) is 0. The van der Waals surface area contributed by atoms with Gasteiger partial charge in [-0.05, 0) is 0 Å². The number of hydrogen-bond acceptors (Lipinski definition) is 0. The summed E-state index contributed by atoms with van der Waals surface area (Å²) in [5.74, 6) is 0. The van der Waals surface area contributed by atoms with Crippen LogP contribution in [0.1, 0.15) is 6.92 Å². The quantitative estimate of drug-likeness (QED) is 0.0900. The minimum absolute atomic E-state index is 0.0693. The first-order valence-electron chi connectivity index (χ1n) is 15.9. The van der Waals surface area contributed by atoms with Crippen molar-refractivity contribution < 1.29 is 0 Å². The topological polar surface area (TPSA) is 0 Å². The molecule has 0 amide bonds. The summed E-state index contributed by atoms with van der Waals surface area (Å²) in [6, 6.07) is 67.5. The van der Waals surface area contributed by atoms with E-state index in [9.17, 15) is 0 Å². The van der Waals surface area contributed by atoms with Crippen LogP contribution in [0.2, 0.25) is 0 Å². The van der Waals surface area contributed by atoms with E-state index in [-0.39, 0.29) is 5.41 Å². The Balaban J connectivity index is 1.59. The zero-order valence-corrected chi connectivity index (χ0v) is 34.3. The molecule has 6 rings (SSSR count). The molecule has 0 nitrogen and oxygen atoms in total. The second-order valence-corrected chi connectivity index (χ2v) is 32.8. The molecule has 0 aromatic heterocycles. The Kier molecular flexibility index (Phi) is 11.5. The van der Waals surface area contributed by atoms with Gasteiger partial charge in [0, 0.05) is 0 Å². The predicted octanol–water partition coefficient (Wildman–Crippen LogP) is 7.25. The molecule has 0 heterocycles. The van der Waals surface area contributed by atoms with Gasteiger partial charge < -0.3 is 0 Å². The third-order valence-corrected chi connectivity index (χ3v) is 29.7. The van der Waals surface area contributed by atoms with Crippen LogP contribution in [0.15, 0.2) is 182 Å². The standard InChI is InChI=1S/C41H39P3Se3/c1-41(32-42(45,35-20-8-2-9-21-35)36-22-10-3-11-23-36,33-43(46,37-24-12-4-13-25-37)38-26-14-5-15-27-38)34-44(47,39-28-16-6-17-29-39)40-30-18-7-19-31-40/h2-31H,32-34H2,1H3. The van der Waals surface area contributed by atoms with Gasteiger partial charge in [-0.15, -0.1) is 0 Å². The van der Waals surface area contributed by atoms with Crippen LogP contribution in [0.25, 0.3) is 0 Å². The number of rotatable bonds is 12. The van der Waals surface area contributed by atoms with Gasteiger partial charge in [0.25, 0.3) is 0 Å². The van der Waals surface area contributed by atoms with E-state index in [4.69, 9.17) is 0 Å². The van der Waals surface area contributed by atoms with Gasteiger partial charge in [-0.1, -0.05) is 0 Å². The summed E-state index contributed by atoms with van der Waals surface area (Å²) in [6.45, 7) is 2.60. The molecule has 236 valence electrons. The molecule has 0 fully saturated rings. The molecule has 0 aliphatic carbocycles. The molecule has 0 saturated heterocycles. The summed E-state index contributed by atoms with van der Waals surface area (Å²) in [7, 11) is 0. The van der Waals surface area contributed by atoms with Crippen molar-refractivity contribution >= 4 is 93.6 Å². The Bertz CT molecular complexity index is 1670. The maximum atomic E-state index is 3.92. The van der Waals surface area contributed by atoms with E-state index in [1.807, 2.05) is 0 Å². The molecule has 0 atom stereocenters. The second-order valence-electron chi connectivity index (χ2n) is 12.5. The van der Waals surface area contributed by atoms with Gasteiger partial charge in [-0.25, -0.2) is 0 Å². The van der Waals surface area contributed by atoms with Gasteiger partial charge in [0.05, 0.1) is 0 Å². The van der Waals surface area contributed by atoms with Gasteiger partial charge in [0.1, 0.15) is 0 Å². The Labute approximate surface area is 304 Å². The van der Waals surface area contributed by atoms with E-state index in [2.05, 4.69) is 234 Å². The van der Waals surface area contributed by atoms with Gasteiger partial charge in [0.15, 0.2) is 0 Å². The van der Waals surface area contributed by atoms with Gasteiger partial charge >= 0.3 is 306 Å². The normalized spacial score (nSPS) is 12.4. The SMILES string of the molecule is CC(CP(=[Se])(c1ccccc1)c1ccccc1)(CP(=[Se])(c1ccccc1)c1ccccc1)CP(=[Se])(c1ccccc1)c1ccccc1. The minimum atomic E-state index is -1.95. The van der Waals surface area contributed by atoms with Crippen LogP contribution in [0.4, 0.5) is 0 Å². The fourth-order valence-electron chi connectivity index (χ4n) is 6.77. The summed E-state index contributed by atoms with van der Waals surface area (Å²) in [6.07, 6.45) is 3.17. The van der Waals surface area contributed by atoms with E-state index in [0.717, 1.165) is 18.5 Å². The van der Waals surface area contributed by atoms with Crippen LogP contribution in [0.5, 0.6) is 0 Å². The zero-order valence-electron chi connectivity index (χ0n) is 26.5. The average Bonchev–Trinajstić information content (AvgIpc) is 3.13. The molecule has 6 heteroatoms. The van der Waals surface area contributed by atoms with Gasteiger partial charge in [0.2, 0.25) is 0 Å². The Morgan fingerprint density at radius 1 is 0.319 bits per heavy atom. The molecule has 0 saturated carbocycles. The third kappa shape index (κ3) is 7.83. The molecule has 0 N–H and O–H groups in total. The summed E-state index contributed by atoms with van der Waals surface area (Å²) in [5.41, 5.74) is -5.92. The van der Waals surface area contributed by atoms with Crippen molar-refractivity contribution in [2.24, 2.45) is 5.41 Å². The van der Waals surface area contributed by atoms with Gasteiger partial charge in [-0.3, -0.25) is 0 Å². The summed E-state index contributed by atoms with van der Waals surface area (Å²) >= 11 is 11.8. The monoisotopic (exact) mass is 864 g/mol. The number of hydrogen-bond donors (Lipinski definition) is 0. The molecule has 0 aliphatic heterocycles. The van der Waals surface area contributed by atoms with Crippen molar-refractivity contribution in [3.05, 3.63) is 182 Å². The van der Waals surface area contributed by atoms with Crippen molar-refractivity contribution in [1.82, 2.24) is 0 Å². The molecule has 6 aromatic carbocycles. The first-order valence-corrected chi connectivity index (χ1v) is 28.4. The van der Waals surface area contributed by atoms with E-state index >= 15 is 0 Å². The van der Waals surface area contributed by atoms with Crippen molar-refractivity contribution in [2.75, 3.05) is 18.5 Å². The first kappa shape index (κ1) is 35.0. The van der Waals surface area contributed by atoms with Crippen LogP contribution in [-0.2, 0) is 0 Å². The Morgan fingerprint density at radius 2 is 0.468 bits per heavy atom. The van der Waals surface area contributed by atoms with Crippen LogP contribution in [0.3, 0.4) is 0 Å². The predicted molar refractivity (Wildman–Crippen MR) is 217 cm³/mol. The van der Waals surface area contributed by atoms with Crippen LogP contribution in [0, 0.1) is 5.41 Å². The molecule has 47 heavy (non-hydrogen) atoms. The maximum absolute atomic E-state index is 3.92. The molecule has 6 aromatic rings. The summed E-state index contributed by atoms with van der Waals surface area (Å²) in [5, 5.41) is 8.52. The third-order valence-electron chi connectivity index (χ3n) is 8.85. The number of benzene rings is 6. The van der Waals surface area contributed by atoms with Crippen molar-refractivity contribution in [3.63, 3.8) is 0 Å². The fraction of sp³-hybridized carbons (Fsp3) is 0.122. The van der Waals surface area contributed by atoms with Crippen molar-refractivity contribution in [1.29, 1.82) is 0 Å². The molecular weight excluding hydrogens is 822 g/mol. The molecule has 0 radical (unpaired) electrons. The molecule has 0 aliphatic rings. The van der Waals surface area contributed by atoms with Crippen LogP contribution >= 0.6 is 16.5 Å². The molecule has 0 bridgehead atoms. The molecule has 0 spiro atoms. The van der Waals surface area contributed by atoms with Crippen molar-refractivity contribution in [3.8, 4) is 0 Å².